The maximum atomic E-state index is 13.3. The van der Waals surface area contributed by atoms with Gasteiger partial charge in [0.05, 0.1) is 5.56 Å². The number of benzene rings is 1. The molecule has 0 saturated heterocycles. The van der Waals surface area contributed by atoms with E-state index >= 15 is 0 Å². The van der Waals surface area contributed by atoms with Gasteiger partial charge in [0.1, 0.15) is 11.2 Å². The number of carboxylic acid groups (broad SMARTS) is 1. The Kier molecular flexibility index (Phi) is 3.42. The molecule has 1 rings (SSSR count). The topological polar surface area (TPSA) is 54.4 Å². The number of ketones is 1. The first kappa shape index (κ1) is 11.7. The van der Waals surface area contributed by atoms with E-state index in [0.717, 1.165) is 6.07 Å². The Bertz CT molecular complexity index is 417. The monoisotopic (exact) mass is 230 g/mol. The van der Waals surface area contributed by atoms with Crippen molar-refractivity contribution >= 4 is 23.4 Å². The zero-order valence-electron chi connectivity index (χ0n) is 7.83. The number of carboxylic acids is 1. The Hall–Kier alpha value is -1.42. The largest absolute Gasteiger partial charge is 0.478 e. The van der Waals surface area contributed by atoms with Gasteiger partial charge < -0.3 is 5.11 Å². The Labute approximate surface area is 90.5 Å². The lowest BCUT2D eigenvalue weighted by Crippen LogP contribution is -2.11. The molecule has 80 valence electrons. The smallest absolute Gasteiger partial charge is 0.336 e. The summed E-state index contributed by atoms with van der Waals surface area (Å²) in [6.07, 6.45) is 0. The molecule has 0 heterocycles. The second-order valence-electron chi connectivity index (χ2n) is 2.98. The summed E-state index contributed by atoms with van der Waals surface area (Å²) in [5.74, 6) is -2.59. The van der Waals surface area contributed by atoms with Crippen molar-refractivity contribution in [1.82, 2.24) is 0 Å². The van der Waals surface area contributed by atoms with Crippen molar-refractivity contribution in [3.63, 3.8) is 0 Å². The van der Waals surface area contributed by atoms with Gasteiger partial charge in [-0.2, -0.15) is 0 Å². The number of rotatable bonds is 3. The van der Waals surface area contributed by atoms with Gasteiger partial charge in [0.2, 0.25) is 0 Å². The third kappa shape index (κ3) is 2.33. The zero-order chi connectivity index (χ0) is 11.6. The van der Waals surface area contributed by atoms with Crippen LogP contribution in [0.4, 0.5) is 4.39 Å². The summed E-state index contributed by atoms with van der Waals surface area (Å²) in [6, 6.07) is 3.53. The summed E-state index contributed by atoms with van der Waals surface area (Å²) in [5.41, 5.74) is -0.565. The lowest BCUT2D eigenvalue weighted by Gasteiger charge is -2.10. The molecule has 3 nitrogen and oxygen atoms in total. The van der Waals surface area contributed by atoms with Crippen LogP contribution in [0.5, 0.6) is 0 Å². The van der Waals surface area contributed by atoms with E-state index < -0.39 is 22.9 Å². The number of Topliss-reactive ketones (excluding diaryl/α,β-unsaturated/α-hetero) is 1. The van der Waals surface area contributed by atoms with Gasteiger partial charge in [-0.1, -0.05) is 6.07 Å². The number of aromatic carboxylic acids is 1. The van der Waals surface area contributed by atoms with Gasteiger partial charge in [-0.05, 0) is 19.1 Å². The van der Waals surface area contributed by atoms with Crippen molar-refractivity contribution in [2.24, 2.45) is 0 Å². The van der Waals surface area contributed by atoms with Crippen LogP contribution in [0.25, 0.3) is 0 Å². The summed E-state index contributed by atoms with van der Waals surface area (Å²) in [4.78, 5) is 21.7. The van der Waals surface area contributed by atoms with Crippen molar-refractivity contribution < 1.29 is 19.1 Å². The molecule has 1 aromatic carbocycles. The van der Waals surface area contributed by atoms with E-state index in [2.05, 4.69) is 0 Å². The van der Waals surface area contributed by atoms with Crippen LogP contribution in [-0.2, 0) is 4.79 Å². The van der Waals surface area contributed by atoms with Crippen LogP contribution < -0.4 is 0 Å². The number of hydrogen-bond acceptors (Lipinski definition) is 2. The van der Waals surface area contributed by atoms with E-state index in [1.165, 1.54) is 19.1 Å². The van der Waals surface area contributed by atoms with E-state index in [9.17, 15) is 14.0 Å². The van der Waals surface area contributed by atoms with Crippen molar-refractivity contribution in [2.75, 3.05) is 0 Å². The molecule has 0 aliphatic heterocycles. The molecule has 0 radical (unpaired) electrons. The maximum absolute atomic E-state index is 13.3. The highest BCUT2D eigenvalue weighted by atomic mass is 35.5. The number of hydrogen-bond donors (Lipinski definition) is 1. The molecule has 0 aromatic heterocycles. The predicted molar refractivity (Wildman–Crippen MR) is 52.6 cm³/mol. The van der Waals surface area contributed by atoms with Crippen LogP contribution in [0.15, 0.2) is 18.2 Å². The fraction of sp³-hybridized carbons (Fsp3) is 0.200. The number of alkyl halides is 1. The fourth-order valence-corrected chi connectivity index (χ4v) is 1.41. The summed E-state index contributed by atoms with van der Waals surface area (Å²) in [7, 11) is 0. The Morgan fingerprint density at radius 3 is 2.53 bits per heavy atom. The van der Waals surface area contributed by atoms with Crippen LogP contribution in [-0.4, -0.2) is 16.9 Å². The van der Waals surface area contributed by atoms with E-state index in [-0.39, 0.29) is 11.1 Å². The fourth-order valence-electron chi connectivity index (χ4n) is 1.18. The molecule has 0 saturated carbocycles. The van der Waals surface area contributed by atoms with Crippen molar-refractivity contribution in [2.45, 2.75) is 12.3 Å². The number of carbonyl (C=O) groups is 2. The molecule has 0 fully saturated rings. The first-order valence-corrected chi connectivity index (χ1v) is 4.55. The molecule has 1 atom stereocenters. The highest BCUT2D eigenvalue weighted by Gasteiger charge is 2.24. The standard InChI is InChI=1S/C10H8ClFO3/c1-5(13)9(11)8-6(10(14)15)3-2-4-7(8)12/h2-4,9H,1H3,(H,14,15). The van der Waals surface area contributed by atoms with Crippen molar-refractivity contribution in [3.8, 4) is 0 Å². The highest BCUT2D eigenvalue weighted by Crippen LogP contribution is 2.27. The molecule has 1 aromatic rings. The summed E-state index contributed by atoms with van der Waals surface area (Å²) in [6.45, 7) is 1.18. The van der Waals surface area contributed by atoms with Crippen LogP contribution >= 0.6 is 11.6 Å². The first-order chi connectivity index (χ1) is 6.95. The van der Waals surface area contributed by atoms with E-state index in [1.54, 1.807) is 0 Å². The Morgan fingerprint density at radius 2 is 2.07 bits per heavy atom. The van der Waals surface area contributed by atoms with Gasteiger partial charge in [0.25, 0.3) is 0 Å². The maximum Gasteiger partial charge on any atom is 0.336 e. The first-order valence-electron chi connectivity index (χ1n) is 4.11. The number of carbonyl (C=O) groups excluding carboxylic acids is 1. The van der Waals surface area contributed by atoms with Gasteiger partial charge in [0.15, 0.2) is 5.78 Å². The molecule has 0 aliphatic rings. The van der Waals surface area contributed by atoms with Gasteiger partial charge in [0, 0.05) is 5.56 Å². The number of halogens is 2. The molecule has 5 heteroatoms. The molecular formula is C10H8ClFO3. The second-order valence-corrected chi connectivity index (χ2v) is 3.42. The summed E-state index contributed by atoms with van der Waals surface area (Å²) >= 11 is 5.64. The third-order valence-corrected chi connectivity index (χ3v) is 2.42. The summed E-state index contributed by atoms with van der Waals surface area (Å²) in [5, 5.41) is 7.52. The van der Waals surface area contributed by atoms with Crippen molar-refractivity contribution in [1.29, 1.82) is 0 Å². The van der Waals surface area contributed by atoms with Gasteiger partial charge >= 0.3 is 5.97 Å². The molecule has 1 N–H and O–H groups in total. The van der Waals surface area contributed by atoms with Gasteiger partial charge in [-0.15, -0.1) is 11.6 Å². The second kappa shape index (κ2) is 4.40. The highest BCUT2D eigenvalue weighted by molar-refractivity contribution is 6.31. The average Bonchev–Trinajstić information content (AvgIpc) is 2.16. The Morgan fingerprint density at radius 1 is 1.47 bits per heavy atom. The average molecular weight is 231 g/mol. The Balaban J connectivity index is 3.37. The zero-order valence-corrected chi connectivity index (χ0v) is 8.58. The van der Waals surface area contributed by atoms with Gasteiger partial charge in [-0.25, -0.2) is 9.18 Å². The molecular weight excluding hydrogens is 223 g/mol. The van der Waals surface area contributed by atoms with Gasteiger partial charge in [-0.3, -0.25) is 4.79 Å². The lowest BCUT2D eigenvalue weighted by molar-refractivity contribution is -0.116. The van der Waals surface area contributed by atoms with E-state index in [1.807, 2.05) is 0 Å². The van der Waals surface area contributed by atoms with Crippen molar-refractivity contribution in [3.05, 3.63) is 35.1 Å². The quantitative estimate of drug-likeness (QED) is 0.812. The lowest BCUT2D eigenvalue weighted by atomic mass is 10.0. The minimum absolute atomic E-state index is 0.279. The minimum Gasteiger partial charge on any atom is -0.478 e. The molecule has 0 amide bonds. The van der Waals surface area contributed by atoms with Crippen LogP contribution in [0.2, 0.25) is 0 Å². The molecule has 0 spiro atoms. The SMILES string of the molecule is CC(=O)C(Cl)c1c(F)cccc1C(=O)O. The molecule has 0 aliphatic carbocycles. The minimum atomic E-state index is -1.31. The molecule has 15 heavy (non-hydrogen) atoms. The normalized spacial score (nSPS) is 12.2. The predicted octanol–water partition coefficient (Wildman–Crippen LogP) is 2.39. The van der Waals surface area contributed by atoms with Crippen LogP contribution in [0, 0.1) is 5.82 Å². The molecule has 0 bridgehead atoms. The summed E-state index contributed by atoms with van der Waals surface area (Å²) < 4.78 is 13.3. The third-order valence-electron chi connectivity index (χ3n) is 1.89. The van der Waals surface area contributed by atoms with E-state index in [0.29, 0.717) is 0 Å². The molecule has 1 unspecified atom stereocenters. The van der Waals surface area contributed by atoms with Crippen LogP contribution in [0.1, 0.15) is 28.2 Å². The van der Waals surface area contributed by atoms with Crippen LogP contribution in [0.3, 0.4) is 0 Å². The van der Waals surface area contributed by atoms with E-state index in [4.69, 9.17) is 16.7 Å².